The van der Waals surface area contributed by atoms with E-state index in [0.29, 0.717) is 19.0 Å². The maximum Gasteiger partial charge on any atom is 0.225 e. The molecule has 4 aromatic rings. The molecule has 0 radical (unpaired) electrons. The summed E-state index contributed by atoms with van der Waals surface area (Å²) in [6.07, 6.45) is 1.65. The van der Waals surface area contributed by atoms with Gasteiger partial charge in [-0.3, -0.25) is 0 Å². The number of nitrogens with one attached hydrogen (secondary N) is 2. The van der Waals surface area contributed by atoms with Crippen LogP contribution in [0.25, 0.3) is 11.3 Å². The van der Waals surface area contributed by atoms with E-state index < -0.39 is 0 Å². The number of hydrogen-bond donors (Lipinski definition) is 2. The molecule has 0 bridgehead atoms. The predicted molar refractivity (Wildman–Crippen MR) is 114 cm³/mol. The van der Waals surface area contributed by atoms with Gasteiger partial charge in [0.2, 0.25) is 5.95 Å². The Bertz CT molecular complexity index is 1050. The molecule has 0 spiro atoms. The van der Waals surface area contributed by atoms with Gasteiger partial charge in [-0.15, -0.1) is 0 Å². The monoisotopic (exact) mass is 386 g/mol. The zero-order chi connectivity index (χ0) is 19.9. The molecule has 2 aromatic carbocycles. The number of para-hydroxylation sites is 1. The number of aromatic nitrogens is 2. The Hall–Kier alpha value is -3.80. The molecule has 0 atom stereocenters. The lowest BCUT2D eigenvalue weighted by molar-refractivity contribution is 0.410. The summed E-state index contributed by atoms with van der Waals surface area (Å²) < 4.78 is 10.8. The second-order valence-corrected chi connectivity index (χ2v) is 6.43. The highest BCUT2D eigenvalue weighted by molar-refractivity contribution is 5.64. The van der Waals surface area contributed by atoms with Crippen molar-refractivity contribution >= 4 is 11.8 Å². The maximum absolute atomic E-state index is 5.43. The number of hydrogen-bond acceptors (Lipinski definition) is 6. The number of rotatable bonds is 8. The second kappa shape index (κ2) is 8.93. The molecule has 0 saturated heterocycles. The number of methoxy groups -OCH3 is 1. The number of benzene rings is 2. The van der Waals surface area contributed by atoms with Crippen molar-refractivity contribution in [1.82, 2.24) is 9.97 Å². The van der Waals surface area contributed by atoms with Gasteiger partial charge < -0.3 is 19.8 Å². The van der Waals surface area contributed by atoms with Gasteiger partial charge in [-0.1, -0.05) is 48.5 Å². The van der Waals surface area contributed by atoms with Crippen LogP contribution in [0.2, 0.25) is 0 Å². The Balaban J connectivity index is 1.58. The Morgan fingerprint density at radius 1 is 0.862 bits per heavy atom. The molecular formula is C23H22N4O2. The standard InChI is InChI=1S/C23H22N4O2/c1-28-21-12-6-5-10-18(21)15-24-22-14-20(17-8-3-2-4-9-17)26-23(27-22)25-16-19-11-7-13-29-19/h2-14H,15-16H2,1H3,(H2,24,25,26,27). The summed E-state index contributed by atoms with van der Waals surface area (Å²) in [5, 5.41) is 6.62. The van der Waals surface area contributed by atoms with Crippen molar-refractivity contribution in [3.63, 3.8) is 0 Å². The van der Waals surface area contributed by atoms with Crippen LogP contribution in [-0.2, 0) is 13.1 Å². The second-order valence-electron chi connectivity index (χ2n) is 6.43. The van der Waals surface area contributed by atoms with Crippen molar-refractivity contribution < 1.29 is 9.15 Å². The van der Waals surface area contributed by atoms with Gasteiger partial charge in [0.25, 0.3) is 0 Å². The topological polar surface area (TPSA) is 72.2 Å². The third-order valence-electron chi connectivity index (χ3n) is 4.45. The first kappa shape index (κ1) is 18.6. The van der Waals surface area contributed by atoms with Gasteiger partial charge in [-0.05, 0) is 18.2 Å². The van der Waals surface area contributed by atoms with Crippen molar-refractivity contribution in [3.05, 3.63) is 90.4 Å². The van der Waals surface area contributed by atoms with Crippen molar-refractivity contribution in [3.8, 4) is 17.0 Å². The molecule has 146 valence electrons. The lowest BCUT2D eigenvalue weighted by Crippen LogP contribution is -2.08. The Morgan fingerprint density at radius 3 is 2.48 bits per heavy atom. The summed E-state index contributed by atoms with van der Waals surface area (Å²) in [7, 11) is 1.67. The van der Waals surface area contributed by atoms with Crippen LogP contribution < -0.4 is 15.4 Å². The molecule has 0 amide bonds. The van der Waals surface area contributed by atoms with E-state index in [2.05, 4.69) is 20.6 Å². The first-order chi connectivity index (χ1) is 14.3. The Morgan fingerprint density at radius 2 is 1.69 bits per heavy atom. The molecule has 4 rings (SSSR count). The number of furan rings is 1. The van der Waals surface area contributed by atoms with Crippen LogP contribution >= 0.6 is 0 Å². The zero-order valence-electron chi connectivity index (χ0n) is 16.1. The number of ether oxygens (including phenoxy) is 1. The normalized spacial score (nSPS) is 10.5. The summed E-state index contributed by atoms with van der Waals surface area (Å²) in [4.78, 5) is 9.28. The minimum Gasteiger partial charge on any atom is -0.496 e. The fourth-order valence-electron chi connectivity index (χ4n) is 2.99. The smallest absolute Gasteiger partial charge is 0.225 e. The van der Waals surface area contributed by atoms with E-state index in [1.165, 1.54) is 0 Å². The SMILES string of the molecule is COc1ccccc1CNc1cc(-c2ccccc2)nc(NCc2ccco2)n1. The molecule has 29 heavy (non-hydrogen) atoms. The highest BCUT2D eigenvalue weighted by Gasteiger charge is 2.09. The van der Waals surface area contributed by atoms with Crippen LogP contribution in [0.4, 0.5) is 11.8 Å². The lowest BCUT2D eigenvalue weighted by Gasteiger charge is -2.13. The van der Waals surface area contributed by atoms with Crippen LogP contribution in [0.5, 0.6) is 5.75 Å². The summed E-state index contributed by atoms with van der Waals surface area (Å²) in [5.41, 5.74) is 2.92. The quantitative estimate of drug-likeness (QED) is 0.445. The number of anilines is 2. The van der Waals surface area contributed by atoms with E-state index in [0.717, 1.165) is 34.1 Å². The largest absolute Gasteiger partial charge is 0.496 e. The summed E-state index contributed by atoms with van der Waals surface area (Å²) in [5.74, 6) is 2.92. The van der Waals surface area contributed by atoms with E-state index in [9.17, 15) is 0 Å². The fraction of sp³-hybridized carbons (Fsp3) is 0.130. The van der Waals surface area contributed by atoms with Gasteiger partial charge in [0.05, 0.1) is 25.6 Å². The molecule has 0 saturated carbocycles. The minimum atomic E-state index is 0.511. The third kappa shape index (κ3) is 4.73. The van der Waals surface area contributed by atoms with E-state index in [1.54, 1.807) is 13.4 Å². The number of nitrogens with zero attached hydrogens (tertiary/aromatic N) is 2. The third-order valence-corrected chi connectivity index (χ3v) is 4.45. The molecule has 2 N–H and O–H groups in total. The van der Waals surface area contributed by atoms with Crippen LogP contribution in [0.3, 0.4) is 0 Å². The molecule has 2 aromatic heterocycles. The van der Waals surface area contributed by atoms with Crippen LogP contribution in [-0.4, -0.2) is 17.1 Å². The van der Waals surface area contributed by atoms with Gasteiger partial charge in [-0.25, -0.2) is 4.98 Å². The molecule has 0 aliphatic rings. The molecule has 0 unspecified atom stereocenters. The predicted octanol–water partition coefficient (Wildman–Crippen LogP) is 4.97. The molecule has 6 heteroatoms. The van der Waals surface area contributed by atoms with E-state index >= 15 is 0 Å². The van der Waals surface area contributed by atoms with Crippen LogP contribution in [0.15, 0.2) is 83.5 Å². The summed E-state index contributed by atoms with van der Waals surface area (Å²) in [6, 6.07) is 23.7. The highest BCUT2D eigenvalue weighted by Crippen LogP contribution is 2.23. The molecule has 0 aliphatic carbocycles. The Labute approximate surface area is 169 Å². The van der Waals surface area contributed by atoms with E-state index in [1.807, 2.05) is 72.8 Å². The molecular weight excluding hydrogens is 364 g/mol. The van der Waals surface area contributed by atoms with Gasteiger partial charge in [0.1, 0.15) is 17.3 Å². The summed E-state index contributed by atoms with van der Waals surface area (Å²) in [6.45, 7) is 1.10. The molecule has 2 heterocycles. The fourth-order valence-corrected chi connectivity index (χ4v) is 2.99. The Kier molecular flexibility index (Phi) is 5.71. The highest BCUT2D eigenvalue weighted by atomic mass is 16.5. The van der Waals surface area contributed by atoms with Gasteiger partial charge in [-0.2, -0.15) is 4.98 Å². The van der Waals surface area contributed by atoms with Crippen molar-refractivity contribution in [2.24, 2.45) is 0 Å². The molecule has 0 aliphatic heterocycles. The minimum absolute atomic E-state index is 0.511. The van der Waals surface area contributed by atoms with Crippen molar-refractivity contribution in [1.29, 1.82) is 0 Å². The van der Waals surface area contributed by atoms with Gasteiger partial charge in [0.15, 0.2) is 0 Å². The van der Waals surface area contributed by atoms with Crippen molar-refractivity contribution in [2.45, 2.75) is 13.1 Å². The maximum atomic E-state index is 5.43. The summed E-state index contributed by atoms with van der Waals surface area (Å²) >= 11 is 0. The van der Waals surface area contributed by atoms with Crippen molar-refractivity contribution in [2.75, 3.05) is 17.7 Å². The van der Waals surface area contributed by atoms with Crippen LogP contribution in [0.1, 0.15) is 11.3 Å². The average molecular weight is 386 g/mol. The van der Waals surface area contributed by atoms with Gasteiger partial charge >= 0.3 is 0 Å². The molecule has 0 fully saturated rings. The average Bonchev–Trinajstić information content (AvgIpc) is 3.31. The zero-order valence-corrected chi connectivity index (χ0v) is 16.1. The van der Waals surface area contributed by atoms with Gasteiger partial charge in [0, 0.05) is 23.7 Å². The first-order valence-corrected chi connectivity index (χ1v) is 9.38. The van der Waals surface area contributed by atoms with E-state index in [4.69, 9.17) is 9.15 Å². The van der Waals surface area contributed by atoms with Crippen LogP contribution in [0, 0.1) is 0 Å². The molecule has 6 nitrogen and oxygen atoms in total. The first-order valence-electron chi connectivity index (χ1n) is 9.38. The lowest BCUT2D eigenvalue weighted by atomic mass is 10.1. The van der Waals surface area contributed by atoms with E-state index in [-0.39, 0.29) is 0 Å².